The van der Waals surface area contributed by atoms with Crippen LogP contribution < -0.4 is 11.1 Å². The van der Waals surface area contributed by atoms with Crippen LogP contribution in [0.15, 0.2) is 36.7 Å². The van der Waals surface area contributed by atoms with E-state index in [-0.39, 0.29) is 0 Å². The Kier molecular flexibility index (Phi) is 4.44. The van der Waals surface area contributed by atoms with E-state index in [9.17, 15) is 4.79 Å². The third-order valence-electron chi connectivity index (χ3n) is 4.04. The Morgan fingerprint density at radius 3 is 2.91 bits per heavy atom. The summed E-state index contributed by atoms with van der Waals surface area (Å²) in [5.41, 5.74) is 8.42. The maximum absolute atomic E-state index is 11.2. The van der Waals surface area contributed by atoms with Crippen molar-refractivity contribution in [3.63, 3.8) is 0 Å². The van der Waals surface area contributed by atoms with Crippen molar-refractivity contribution < 1.29 is 4.79 Å². The van der Waals surface area contributed by atoms with Crippen LogP contribution in [0.3, 0.4) is 0 Å². The first kappa shape index (κ1) is 14.7. The molecule has 1 amide bonds. The predicted octanol–water partition coefficient (Wildman–Crippen LogP) is 1.78. The number of hydrogen-bond donors (Lipinski definition) is 2. The molecule has 0 spiro atoms. The molecule has 0 bridgehead atoms. The Bertz CT molecular complexity index is 648. The zero-order valence-electron chi connectivity index (χ0n) is 12.5. The molecular formula is C17H20N4O. The number of carbonyl (C=O) groups excluding carboxylic acids is 1. The second-order valence-corrected chi connectivity index (χ2v) is 5.75. The molecule has 1 atom stereocenters. The van der Waals surface area contributed by atoms with E-state index < -0.39 is 5.91 Å². The number of nitrogens with two attached hydrogens (primary N) is 1. The number of benzene rings is 1. The molecule has 1 aliphatic heterocycles. The normalized spacial score (nSPS) is 18.1. The number of amides is 1. The van der Waals surface area contributed by atoms with Crippen LogP contribution in [0, 0.1) is 5.92 Å². The van der Waals surface area contributed by atoms with Gasteiger partial charge in [-0.25, -0.2) is 0 Å². The molecule has 1 aliphatic rings. The number of nitrogens with one attached hydrogen (secondary N) is 1. The first-order chi connectivity index (χ1) is 10.7. The molecule has 0 aliphatic carbocycles. The fraction of sp³-hybridized carbons (Fsp3) is 0.353. The zero-order chi connectivity index (χ0) is 15.4. The van der Waals surface area contributed by atoms with E-state index in [0.29, 0.717) is 11.5 Å². The largest absolute Gasteiger partial charge is 0.366 e. The van der Waals surface area contributed by atoms with Crippen molar-refractivity contribution in [1.29, 1.82) is 0 Å². The van der Waals surface area contributed by atoms with Gasteiger partial charge in [-0.15, -0.1) is 0 Å². The third kappa shape index (κ3) is 3.49. The van der Waals surface area contributed by atoms with Crippen molar-refractivity contribution >= 4 is 5.91 Å². The molecule has 3 N–H and O–H groups in total. The second kappa shape index (κ2) is 6.66. The minimum atomic E-state index is -0.434. The molecule has 1 aromatic carbocycles. The SMILES string of the molecule is NC(=O)c1cccc(-c2cnc(CC3CCCNC3)cn2)c1. The van der Waals surface area contributed by atoms with E-state index in [0.717, 1.165) is 36.5 Å². The second-order valence-electron chi connectivity index (χ2n) is 5.75. The van der Waals surface area contributed by atoms with Crippen molar-refractivity contribution in [2.24, 2.45) is 11.7 Å². The van der Waals surface area contributed by atoms with E-state index in [1.165, 1.54) is 12.8 Å². The summed E-state index contributed by atoms with van der Waals surface area (Å²) >= 11 is 0. The molecule has 1 saturated heterocycles. The molecule has 1 fully saturated rings. The Morgan fingerprint density at radius 2 is 2.23 bits per heavy atom. The van der Waals surface area contributed by atoms with Gasteiger partial charge in [0.05, 0.1) is 17.6 Å². The van der Waals surface area contributed by atoms with Crippen LogP contribution >= 0.6 is 0 Å². The molecule has 1 aromatic heterocycles. The van der Waals surface area contributed by atoms with E-state index in [1.807, 2.05) is 12.3 Å². The standard InChI is InChI=1S/C17H20N4O/c18-17(22)14-5-1-4-13(8-14)16-11-20-15(10-21-16)7-12-3-2-6-19-9-12/h1,4-5,8,10-12,19H,2-3,6-7,9H2,(H2,18,22). The highest BCUT2D eigenvalue weighted by molar-refractivity contribution is 5.93. The van der Waals surface area contributed by atoms with E-state index >= 15 is 0 Å². The topological polar surface area (TPSA) is 80.9 Å². The van der Waals surface area contributed by atoms with Crippen molar-refractivity contribution in [3.8, 4) is 11.3 Å². The van der Waals surface area contributed by atoms with Gasteiger partial charge in [0.2, 0.25) is 5.91 Å². The van der Waals surface area contributed by atoms with Gasteiger partial charge in [0.15, 0.2) is 0 Å². The molecule has 22 heavy (non-hydrogen) atoms. The summed E-state index contributed by atoms with van der Waals surface area (Å²) in [6.07, 6.45) is 7.04. The maximum Gasteiger partial charge on any atom is 0.248 e. The lowest BCUT2D eigenvalue weighted by atomic mass is 9.95. The Labute approximate surface area is 130 Å². The van der Waals surface area contributed by atoms with Crippen LogP contribution in [-0.4, -0.2) is 29.0 Å². The Morgan fingerprint density at radius 1 is 1.32 bits per heavy atom. The van der Waals surface area contributed by atoms with Gasteiger partial charge in [-0.1, -0.05) is 12.1 Å². The van der Waals surface area contributed by atoms with E-state index in [4.69, 9.17) is 5.73 Å². The number of nitrogens with zero attached hydrogens (tertiary/aromatic N) is 2. The predicted molar refractivity (Wildman–Crippen MR) is 85.3 cm³/mol. The van der Waals surface area contributed by atoms with E-state index in [1.54, 1.807) is 24.4 Å². The zero-order valence-corrected chi connectivity index (χ0v) is 12.5. The lowest BCUT2D eigenvalue weighted by Crippen LogP contribution is -2.31. The molecule has 5 heteroatoms. The number of carbonyl (C=O) groups is 1. The first-order valence-corrected chi connectivity index (χ1v) is 7.64. The van der Waals surface area contributed by atoms with Gasteiger partial charge in [-0.05, 0) is 50.4 Å². The number of aromatic nitrogens is 2. The summed E-state index contributed by atoms with van der Waals surface area (Å²) < 4.78 is 0. The van der Waals surface area contributed by atoms with E-state index in [2.05, 4.69) is 15.3 Å². The molecule has 1 unspecified atom stereocenters. The molecule has 0 saturated carbocycles. The van der Waals surface area contributed by atoms with Gasteiger partial charge in [0.25, 0.3) is 0 Å². The van der Waals surface area contributed by atoms with Gasteiger partial charge in [-0.3, -0.25) is 14.8 Å². The smallest absolute Gasteiger partial charge is 0.248 e. The van der Waals surface area contributed by atoms with Crippen molar-refractivity contribution in [2.75, 3.05) is 13.1 Å². The maximum atomic E-state index is 11.2. The quantitative estimate of drug-likeness (QED) is 0.901. The summed E-state index contributed by atoms with van der Waals surface area (Å²) in [5, 5.41) is 3.42. The average molecular weight is 296 g/mol. The fourth-order valence-electron chi connectivity index (χ4n) is 2.84. The molecular weight excluding hydrogens is 276 g/mol. The highest BCUT2D eigenvalue weighted by Crippen LogP contribution is 2.19. The van der Waals surface area contributed by atoms with Gasteiger partial charge in [-0.2, -0.15) is 0 Å². The Balaban J connectivity index is 1.73. The van der Waals surface area contributed by atoms with Gasteiger partial charge in [0.1, 0.15) is 0 Å². The van der Waals surface area contributed by atoms with Crippen molar-refractivity contribution in [2.45, 2.75) is 19.3 Å². The number of primary amides is 1. The highest BCUT2D eigenvalue weighted by Gasteiger charge is 2.14. The van der Waals surface area contributed by atoms with Crippen LogP contribution in [0.2, 0.25) is 0 Å². The summed E-state index contributed by atoms with van der Waals surface area (Å²) in [5.74, 6) is 0.211. The summed E-state index contributed by atoms with van der Waals surface area (Å²) in [7, 11) is 0. The van der Waals surface area contributed by atoms with Crippen LogP contribution in [0.4, 0.5) is 0 Å². The fourth-order valence-corrected chi connectivity index (χ4v) is 2.84. The monoisotopic (exact) mass is 296 g/mol. The van der Waals surface area contributed by atoms with Gasteiger partial charge < -0.3 is 11.1 Å². The van der Waals surface area contributed by atoms with Crippen molar-refractivity contribution in [3.05, 3.63) is 47.9 Å². The number of rotatable bonds is 4. The third-order valence-corrected chi connectivity index (χ3v) is 4.04. The van der Waals surface area contributed by atoms with Gasteiger partial charge >= 0.3 is 0 Å². The molecule has 0 radical (unpaired) electrons. The molecule has 2 heterocycles. The number of hydrogen-bond acceptors (Lipinski definition) is 4. The summed E-state index contributed by atoms with van der Waals surface area (Å²) in [6, 6.07) is 7.15. The minimum Gasteiger partial charge on any atom is -0.366 e. The average Bonchev–Trinajstić information content (AvgIpc) is 2.56. The molecule has 5 nitrogen and oxygen atoms in total. The summed E-state index contributed by atoms with van der Waals surface area (Å²) in [6.45, 7) is 2.18. The Hall–Kier alpha value is -2.27. The molecule has 114 valence electrons. The van der Waals surface area contributed by atoms with Crippen LogP contribution in [0.25, 0.3) is 11.3 Å². The summed E-state index contributed by atoms with van der Waals surface area (Å²) in [4.78, 5) is 20.2. The van der Waals surface area contributed by atoms with Gasteiger partial charge in [0, 0.05) is 17.3 Å². The lowest BCUT2D eigenvalue weighted by molar-refractivity contribution is 0.100. The molecule has 2 aromatic rings. The minimum absolute atomic E-state index is 0.434. The highest BCUT2D eigenvalue weighted by atomic mass is 16.1. The van der Waals surface area contributed by atoms with Crippen LogP contribution in [0.1, 0.15) is 28.9 Å². The first-order valence-electron chi connectivity index (χ1n) is 7.64. The molecule has 3 rings (SSSR count). The number of piperidine rings is 1. The van der Waals surface area contributed by atoms with Crippen LogP contribution in [0.5, 0.6) is 0 Å². The van der Waals surface area contributed by atoms with Crippen molar-refractivity contribution in [1.82, 2.24) is 15.3 Å². The van der Waals surface area contributed by atoms with Crippen LogP contribution in [-0.2, 0) is 6.42 Å². The lowest BCUT2D eigenvalue weighted by Gasteiger charge is -2.22.